The molecule has 3 aromatic heterocycles. The highest BCUT2D eigenvalue weighted by Gasteiger charge is 2.19. The number of hydrogen-bond acceptors (Lipinski definition) is 3. The summed E-state index contributed by atoms with van der Waals surface area (Å²) in [5.41, 5.74) is 11.8. The van der Waals surface area contributed by atoms with Gasteiger partial charge in [-0.05, 0) is 97.7 Å². The summed E-state index contributed by atoms with van der Waals surface area (Å²) in [5.74, 6) is 2.35. The van der Waals surface area contributed by atoms with E-state index in [2.05, 4.69) is 242 Å². The predicted molar refractivity (Wildman–Crippen MR) is 286 cm³/mol. The van der Waals surface area contributed by atoms with Crippen LogP contribution in [0.1, 0.15) is 26.3 Å². The van der Waals surface area contributed by atoms with E-state index in [9.17, 15) is 0 Å². The summed E-state index contributed by atoms with van der Waals surface area (Å²) in [5, 5.41) is 13.1. The molecule has 0 aliphatic heterocycles. The number of ether oxygens (including phenoxy) is 1. The molecular formula is C63H48N4O. The molecule has 0 atom stereocenters. The second kappa shape index (κ2) is 16.6. The van der Waals surface area contributed by atoms with Crippen LogP contribution in [0.15, 0.2) is 225 Å². The van der Waals surface area contributed by atoms with Gasteiger partial charge >= 0.3 is 0 Å². The maximum Gasteiger partial charge on any atom is 0.137 e. The number of fused-ring (bicyclic) bond motifs is 10. The average molecular weight is 877 g/mol. The van der Waals surface area contributed by atoms with E-state index in [4.69, 9.17) is 9.72 Å². The minimum atomic E-state index is -0.0186. The van der Waals surface area contributed by atoms with Gasteiger partial charge in [-0.15, -0.1) is 0 Å². The Morgan fingerprint density at radius 3 is 1.84 bits per heavy atom. The highest BCUT2D eigenvalue weighted by atomic mass is 16.5. The normalized spacial score (nSPS) is 11.8. The van der Waals surface area contributed by atoms with Gasteiger partial charge in [0.05, 0.1) is 27.8 Å². The smallest absolute Gasteiger partial charge is 0.137 e. The summed E-state index contributed by atoms with van der Waals surface area (Å²) in [6.07, 6.45) is 1.92. The van der Waals surface area contributed by atoms with Crippen LogP contribution in [0.3, 0.4) is 0 Å². The molecule has 5 nitrogen and oxygen atoms in total. The molecule has 5 heteroatoms. The zero-order valence-corrected chi connectivity index (χ0v) is 38.2. The van der Waals surface area contributed by atoms with E-state index in [0.717, 1.165) is 83.4 Å². The monoisotopic (exact) mass is 876 g/mol. The van der Waals surface area contributed by atoms with E-state index >= 15 is 0 Å². The second-order valence-corrected chi connectivity index (χ2v) is 18.5. The summed E-state index contributed by atoms with van der Waals surface area (Å²) in [7, 11) is 0. The number of anilines is 2. The summed E-state index contributed by atoms with van der Waals surface area (Å²) in [6, 6.07) is 77.6. The van der Waals surface area contributed by atoms with Gasteiger partial charge in [0.25, 0.3) is 0 Å². The lowest BCUT2D eigenvalue weighted by Crippen LogP contribution is -2.12. The molecule has 2 N–H and O–H groups in total. The SMILES string of the molecule is CC(C)(C)c1ccnc(-n2c3ccccc3c3ccc(Oc4cccc(Nc5cccc6c5[nH]c5c(-c7ccccc7)cccc5c5c(-c7ccccc7)cccc5c5ccccc65)c4)cc32)c1. The number of aromatic amines is 1. The fourth-order valence-electron chi connectivity index (χ4n) is 9.97. The zero-order chi connectivity index (χ0) is 45.8. The molecule has 0 spiro atoms. The van der Waals surface area contributed by atoms with Crippen molar-refractivity contribution in [2.45, 2.75) is 26.2 Å². The first-order valence-corrected chi connectivity index (χ1v) is 23.3. The molecular weight excluding hydrogens is 829 g/mol. The third-order valence-corrected chi connectivity index (χ3v) is 13.2. The van der Waals surface area contributed by atoms with Crippen molar-refractivity contribution >= 4 is 76.5 Å². The second-order valence-electron chi connectivity index (χ2n) is 18.5. The summed E-state index contributed by atoms with van der Waals surface area (Å²) < 4.78 is 9.00. The van der Waals surface area contributed by atoms with Crippen LogP contribution in [0, 0.1) is 0 Å². The van der Waals surface area contributed by atoms with Gasteiger partial charge in [0.15, 0.2) is 0 Å². The number of aromatic nitrogens is 3. The molecule has 0 bridgehead atoms. The Bertz CT molecular complexity index is 3950. The van der Waals surface area contributed by atoms with Crippen LogP contribution >= 0.6 is 0 Å². The fraction of sp³-hybridized carbons (Fsp3) is 0.0635. The first kappa shape index (κ1) is 40.8. The van der Waals surface area contributed by atoms with Crippen LogP contribution in [-0.2, 0) is 5.41 Å². The van der Waals surface area contributed by atoms with Gasteiger partial charge in [-0.1, -0.05) is 178 Å². The quantitative estimate of drug-likeness (QED) is 0.168. The van der Waals surface area contributed by atoms with Gasteiger partial charge < -0.3 is 15.0 Å². The van der Waals surface area contributed by atoms with Crippen molar-refractivity contribution in [2.75, 3.05) is 5.32 Å². The van der Waals surface area contributed by atoms with Crippen molar-refractivity contribution in [3.63, 3.8) is 0 Å². The van der Waals surface area contributed by atoms with Crippen molar-refractivity contribution in [1.29, 1.82) is 0 Å². The molecule has 0 amide bonds. The Hall–Kier alpha value is -8.67. The summed E-state index contributed by atoms with van der Waals surface area (Å²) >= 11 is 0. The van der Waals surface area contributed by atoms with Gasteiger partial charge in [0, 0.05) is 51.1 Å². The number of para-hydroxylation sites is 3. The van der Waals surface area contributed by atoms with Gasteiger partial charge in [-0.2, -0.15) is 0 Å². The minimum absolute atomic E-state index is 0.0186. The van der Waals surface area contributed by atoms with Gasteiger partial charge in [0.2, 0.25) is 0 Å². The molecule has 326 valence electrons. The molecule has 0 aliphatic rings. The zero-order valence-electron chi connectivity index (χ0n) is 38.2. The van der Waals surface area contributed by atoms with E-state index in [1.807, 2.05) is 18.3 Å². The molecule has 68 heavy (non-hydrogen) atoms. The van der Waals surface area contributed by atoms with Crippen molar-refractivity contribution in [2.24, 2.45) is 0 Å². The average Bonchev–Trinajstić information content (AvgIpc) is 3.72. The number of nitrogens with zero attached hydrogens (tertiary/aromatic N) is 2. The van der Waals surface area contributed by atoms with Gasteiger partial charge in [-0.25, -0.2) is 4.98 Å². The summed E-state index contributed by atoms with van der Waals surface area (Å²) in [4.78, 5) is 9.00. The first-order chi connectivity index (χ1) is 33.4. The Balaban J connectivity index is 1.02. The van der Waals surface area contributed by atoms with Crippen molar-refractivity contribution in [1.82, 2.24) is 14.5 Å². The Morgan fingerprint density at radius 1 is 0.456 bits per heavy atom. The van der Waals surface area contributed by atoms with Crippen molar-refractivity contribution in [3.8, 4) is 39.6 Å². The standard InChI is InChI=1S/C63H48N4O/c1-63(2,3)43-36-37-64-59(38-43)67-57-33-13-12-26-51(57)52-35-34-46(40-58(52)67)68-45-23-14-22-44(39-45)65-56-32-17-30-54-50-25-11-10-24-49(50)53-29-15-27-47(41-18-6-4-7-19-41)60(53)55-31-16-28-48(61(55)66-62(54)56)42-20-8-5-9-21-42/h4-40,65-66H,1-3H3. The number of pyridine rings is 1. The van der Waals surface area contributed by atoms with Crippen LogP contribution in [0.5, 0.6) is 11.5 Å². The fourth-order valence-corrected chi connectivity index (χ4v) is 9.97. The Kier molecular flexibility index (Phi) is 9.99. The molecule has 0 fully saturated rings. The van der Waals surface area contributed by atoms with E-state index in [1.165, 1.54) is 38.2 Å². The molecule has 0 unspecified atom stereocenters. The van der Waals surface area contributed by atoms with Crippen LogP contribution < -0.4 is 10.1 Å². The van der Waals surface area contributed by atoms with Gasteiger partial charge in [-0.3, -0.25) is 4.57 Å². The van der Waals surface area contributed by atoms with Crippen LogP contribution in [0.4, 0.5) is 11.4 Å². The maximum atomic E-state index is 6.75. The Morgan fingerprint density at radius 2 is 1.06 bits per heavy atom. The molecule has 9 aromatic carbocycles. The molecule has 0 saturated carbocycles. The Labute approximate surface area is 395 Å². The number of benzene rings is 9. The van der Waals surface area contributed by atoms with E-state index < -0.39 is 0 Å². The summed E-state index contributed by atoms with van der Waals surface area (Å²) in [6.45, 7) is 6.71. The first-order valence-electron chi connectivity index (χ1n) is 23.3. The molecule has 0 radical (unpaired) electrons. The lowest BCUT2D eigenvalue weighted by Gasteiger charge is -2.20. The number of nitrogens with one attached hydrogen (secondary N) is 2. The van der Waals surface area contributed by atoms with Crippen molar-refractivity contribution in [3.05, 3.63) is 230 Å². The maximum absolute atomic E-state index is 6.75. The van der Waals surface area contributed by atoms with Crippen LogP contribution in [-0.4, -0.2) is 14.5 Å². The topological polar surface area (TPSA) is 54.9 Å². The van der Waals surface area contributed by atoms with Gasteiger partial charge in [0.1, 0.15) is 17.3 Å². The molecule has 0 saturated heterocycles. The van der Waals surface area contributed by atoms with Crippen molar-refractivity contribution < 1.29 is 4.74 Å². The number of H-pyrrole nitrogens is 1. The van der Waals surface area contributed by atoms with E-state index in [0.29, 0.717) is 0 Å². The number of hydrogen-bond donors (Lipinski definition) is 2. The molecule has 12 aromatic rings. The molecule has 12 rings (SSSR count). The highest BCUT2D eigenvalue weighted by molar-refractivity contribution is 6.24. The minimum Gasteiger partial charge on any atom is -0.457 e. The third-order valence-electron chi connectivity index (χ3n) is 13.2. The lowest BCUT2D eigenvalue weighted by atomic mass is 9.88. The van der Waals surface area contributed by atoms with Crippen LogP contribution in [0.2, 0.25) is 0 Å². The predicted octanol–water partition coefficient (Wildman–Crippen LogP) is 17.4. The largest absolute Gasteiger partial charge is 0.457 e. The highest BCUT2D eigenvalue weighted by Crippen LogP contribution is 2.41. The number of rotatable bonds is 7. The van der Waals surface area contributed by atoms with E-state index in [-0.39, 0.29) is 5.41 Å². The lowest BCUT2D eigenvalue weighted by molar-refractivity contribution is 0.483. The molecule has 3 heterocycles. The third kappa shape index (κ3) is 7.26. The van der Waals surface area contributed by atoms with Crippen LogP contribution in [0.25, 0.3) is 93.2 Å². The van der Waals surface area contributed by atoms with E-state index in [1.54, 1.807) is 0 Å². The molecule has 0 aliphatic carbocycles.